The smallest absolute Gasteiger partial charge is 0.260 e. The number of rotatable bonds is 6. The maximum atomic E-state index is 12.8. The zero-order valence-electron chi connectivity index (χ0n) is 18.9. The molecule has 170 valence electrons. The molecule has 2 unspecified atom stereocenters. The Balaban J connectivity index is 1.35. The van der Waals surface area contributed by atoms with E-state index in [1.165, 1.54) is 0 Å². The van der Waals surface area contributed by atoms with Gasteiger partial charge in [-0.2, -0.15) is 0 Å². The van der Waals surface area contributed by atoms with E-state index < -0.39 is 0 Å². The molecule has 3 heterocycles. The van der Waals surface area contributed by atoms with Crippen LogP contribution in [0.2, 0.25) is 0 Å². The Morgan fingerprint density at radius 2 is 1.72 bits per heavy atom. The first kappa shape index (κ1) is 22.1. The highest BCUT2D eigenvalue weighted by molar-refractivity contribution is 6.05. The number of aromatic nitrogens is 1. The maximum absolute atomic E-state index is 12.8. The predicted molar refractivity (Wildman–Crippen MR) is 125 cm³/mol. The van der Waals surface area contributed by atoms with Crippen LogP contribution < -0.4 is 15.0 Å². The fourth-order valence-corrected chi connectivity index (χ4v) is 4.70. The second-order valence-corrected chi connectivity index (χ2v) is 8.77. The van der Waals surface area contributed by atoms with E-state index in [2.05, 4.69) is 29.0 Å². The number of carbonyl (C=O) groups excluding carboxylic acids is 2. The number of nitrogens with one attached hydrogen (secondary N) is 1. The minimum Gasteiger partial charge on any atom is -0.484 e. The van der Waals surface area contributed by atoms with Gasteiger partial charge < -0.3 is 19.9 Å². The first-order chi connectivity index (χ1) is 15.5. The summed E-state index contributed by atoms with van der Waals surface area (Å²) in [6.45, 7) is 6.12. The monoisotopic (exact) mass is 436 g/mol. The van der Waals surface area contributed by atoms with Crippen molar-refractivity contribution >= 4 is 23.3 Å². The van der Waals surface area contributed by atoms with Crippen LogP contribution in [0.25, 0.3) is 0 Å². The summed E-state index contributed by atoms with van der Waals surface area (Å²) in [4.78, 5) is 34.0. The third kappa shape index (κ3) is 5.03. The topological polar surface area (TPSA) is 74.8 Å². The van der Waals surface area contributed by atoms with Crippen LogP contribution in [-0.2, 0) is 4.79 Å². The Labute approximate surface area is 189 Å². The van der Waals surface area contributed by atoms with Gasteiger partial charge >= 0.3 is 0 Å². The van der Waals surface area contributed by atoms with Crippen LogP contribution in [0.15, 0.2) is 42.6 Å². The second kappa shape index (κ2) is 10.0. The number of nitrogens with zero attached hydrogens (tertiary/aromatic N) is 3. The third-order valence-electron chi connectivity index (χ3n) is 6.40. The number of hydrogen-bond acceptors (Lipinski definition) is 5. The number of ether oxygens (including phenoxy) is 1. The number of anilines is 2. The number of likely N-dealkylation sites (tertiary alicyclic amines) is 1. The van der Waals surface area contributed by atoms with Crippen molar-refractivity contribution in [2.75, 3.05) is 29.9 Å². The Morgan fingerprint density at radius 3 is 2.41 bits per heavy atom. The lowest BCUT2D eigenvalue weighted by Crippen LogP contribution is -2.49. The van der Waals surface area contributed by atoms with Crippen LogP contribution in [-0.4, -0.2) is 53.5 Å². The van der Waals surface area contributed by atoms with Gasteiger partial charge in [-0.1, -0.05) is 0 Å². The molecule has 0 saturated carbocycles. The number of piperidine rings is 1. The highest BCUT2D eigenvalue weighted by atomic mass is 16.5. The number of amides is 2. The van der Waals surface area contributed by atoms with Crippen LogP contribution in [0.5, 0.6) is 5.75 Å². The molecule has 2 saturated heterocycles. The van der Waals surface area contributed by atoms with Gasteiger partial charge in [0, 0.05) is 36.9 Å². The lowest BCUT2D eigenvalue weighted by molar-refractivity contribution is -0.139. The minimum atomic E-state index is -0.197. The lowest BCUT2D eigenvalue weighted by Gasteiger charge is -2.38. The van der Waals surface area contributed by atoms with E-state index in [0.29, 0.717) is 11.3 Å². The van der Waals surface area contributed by atoms with Crippen LogP contribution in [0, 0.1) is 0 Å². The molecule has 0 spiro atoms. The van der Waals surface area contributed by atoms with Crippen molar-refractivity contribution in [3.8, 4) is 5.75 Å². The Hall–Kier alpha value is -3.09. The summed E-state index contributed by atoms with van der Waals surface area (Å²) < 4.78 is 5.72. The molecule has 32 heavy (non-hydrogen) atoms. The van der Waals surface area contributed by atoms with Gasteiger partial charge in [-0.3, -0.25) is 9.59 Å². The van der Waals surface area contributed by atoms with Crippen molar-refractivity contribution in [3.05, 3.63) is 48.2 Å². The highest BCUT2D eigenvalue weighted by Gasteiger charge is 2.29. The van der Waals surface area contributed by atoms with Crippen molar-refractivity contribution in [2.45, 2.75) is 58.0 Å². The Morgan fingerprint density at radius 1 is 1.03 bits per heavy atom. The van der Waals surface area contributed by atoms with Crippen molar-refractivity contribution in [2.24, 2.45) is 0 Å². The molecule has 0 aliphatic carbocycles. The number of carbonyl (C=O) groups is 2. The fraction of sp³-hybridized carbons (Fsp3) is 0.480. The van der Waals surface area contributed by atoms with Gasteiger partial charge in [0.2, 0.25) is 0 Å². The number of pyridine rings is 1. The summed E-state index contributed by atoms with van der Waals surface area (Å²) in [5, 5.41) is 2.98. The summed E-state index contributed by atoms with van der Waals surface area (Å²) in [6, 6.07) is 11.1. The first-order valence-electron chi connectivity index (χ1n) is 11.6. The molecule has 7 nitrogen and oxygen atoms in total. The van der Waals surface area contributed by atoms with Crippen LogP contribution in [0.3, 0.4) is 0 Å². The van der Waals surface area contributed by atoms with Crippen LogP contribution >= 0.6 is 0 Å². The molecule has 0 bridgehead atoms. The zero-order valence-corrected chi connectivity index (χ0v) is 18.9. The molecule has 2 atom stereocenters. The van der Waals surface area contributed by atoms with E-state index in [-0.39, 0.29) is 30.5 Å². The molecule has 4 rings (SSSR count). The maximum Gasteiger partial charge on any atom is 0.260 e. The normalized spacial score (nSPS) is 20.8. The molecule has 2 amide bonds. The third-order valence-corrected chi connectivity index (χ3v) is 6.40. The molecular formula is C25H32N4O3. The zero-order chi connectivity index (χ0) is 22.5. The first-order valence-corrected chi connectivity index (χ1v) is 11.6. The van der Waals surface area contributed by atoms with Gasteiger partial charge in [-0.25, -0.2) is 4.98 Å². The van der Waals surface area contributed by atoms with E-state index in [1.807, 2.05) is 17.0 Å². The molecule has 1 aromatic carbocycles. The van der Waals surface area contributed by atoms with Gasteiger partial charge in [0.1, 0.15) is 5.75 Å². The lowest BCUT2D eigenvalue weighted by atomic mass is 9.97. The van der Waals surface area contributed by atoms with Crippen molar-refractivity contribution in [1.82, 2.24) is 9.88 Å². The van der Waals surface area contributed by atoms with Gasteiger partial charge in [0.25, 0.3) is 11.8 Å². The SMILES string of the molecule is CC1CCCC(C)N1C(=O)COc1ccc(C(=O)Nc2cccnc2N2CCCC2)cc1. The molecule has 2 aliphatic rings. The molecule has 7 heteroatoms. The quantitative estimate of drug-likeness (QED) is 0.738. The standard InChI is InChI=1S/C25H32N4O3/c1-18-7-5-8-19(2)29(18)23(30)17-32-21-12-10-20(11-13-21)25(31)27-22-9-6-14-26-24(22)28-15-3-4-16-28/h6,9-14,18-19H,3-5,7-8,15-17H2,1-2H3,(H,27,31). The molecule has 1 aromatic heterocycles. The molecule has 1 N–H and O–H groups in total. The van der Waals surface area contributed by atoms with E-state index in [9.17, 15) is 9.59 Å². The van der Waals surface area contributed by atoms with Gasteiger partial charge in [0.05, 0.1) is 5.69 Å². The van der Waals surface area contributed by atoms with Gasteiger partial charge in [0.15, 0.2) is 12.4 Å². The van der Waals surface area contributed by atoms with E-state index >= 15 is 0 Å². The van der Waals surface area contributed by atoms with E-state index in [0.717, 1.165) is 56.7 Å². The number of hydrogen-bond donors (Lipinski definition) is 1. The van der Waals surface area contributed by atoms with Gasteiger partial charge in [-0.15, -0.1) is 0 Å². The molecule has 2 fully saturated rings. The summed E-state index contributed by atoms with van der Waals surface area (Å²) in [5.74, 6) is 1.21. The Bertz CT molecular complexity index is 930. The largest absolute Gasteiger partial charge is 0.484 e. The van der Waals surface area contributed by atoms with Crippen molar-refractivity contribution in [3.63, 3.8) is 0 Å². The second-order valence-electron chi connectivity index (χ2n) is 8.77. The molecule has 2 aliphatic heterocycles. The minimum absolute atomic E-state index is 0.00903. The average Bonchev–Trinajstić information content (AvgIpc) is 3.33. The summed E-state index contributed by atoms with van der Waals surface area (Å²) in [7, 11) is 0. The average molecular weight is 437 g/mol. The predicted octanol–water partition coefficient (Wildman–Crippen LogP) is 4.10. The summed E-state index contributed by atoms with van der Waals surface area (Å²) in [5.41, 5.74) is 1.24. The Kier molecular flexibility index (Phi) is 6.93. The molecular weight excluding hydrogens is 404 g/mol. The van der Waals surface area contributed by atoms with Crippen molar-refractivity contribution < 1.29 is 14.3 Å². The highest BCUT2D eigenvalue weighted by Crippen LogP contribution is 2.27. The van der Waals surface area contributed by atoms with Gasteiger partial charge in [-0.05, 0) is 82.3 Å². The number of benzene rings is 1. The van der Waals surface area contributed by atoms with Crippen LogP contribution in [0.1, 0.15) is 56.3 Å². The van der Waals surface area contributed by atoms with E-state index in [4.69, 9.17) is 4.74 Å². The fourth-order valence-electron chi connectivity index (χ4n) is 4.70. The van der Waals surface area contributed by atoms with Crippen LogP contribution in [0.4, 0.5) is 11.5 Å². The van der Waals surface area contributed by atoms with Crippen molar-refractivity contribution in [1.29, 1.82) is 0 Å². The molecule has 0 radical (unpaired) electrons. The van der Waals surface area contributed by atoms with E-state index in [1.54, 1.807) is 30.5 Å². The summed E-state index contributed by atoms with van der Waals surface area (Å²) >= 11 is 0. The summed E-state index contributed by atoms with van der Waals surface area (Å²) in [6.07, 6.45) is 7.27. The molecule has 2 aromatic rings.